The third kappa shape index (κ3) is 10.1. The van der Waals surface area contributed by atoms with Gasteiger partial charge in [0, 0.05) is 43.5 Å². The Kier molecular flexibility index (Phi) is 14.3. The molecule has 1 heterocycles. The van der Waals surface area contributed by atoms with Gasteiger partial charge in [0.1, 0.15) is 0 Å². The Balaban J connectivity index is 0.00000676. The van der Waals surface area contributed by atoms with Gasteiger partial charge >= 0.3 is 0 Å². The van der Waals surface area contributed by atoms with Gasteiger partial charge in [-0.2, -0.15) is 0 Å². The van der Waals surface area contributed by atoms with Crippen LogP contribution in [0.15, 0.2) is 23.3 Å². The molecule has 0 aromatic carbocycles. The number of hydrogen-bond acceptors (Lipinski definition) is 4. The van der Waals surface area contributed by atoms with Crippen LogP contribution in [-0.4, -0.2) is 54.2 Å². The summed E-state index contributed by atoms with van der Waals surface area (Å²) in [6, 6.07) is 5.06. The Bertz CT molecular complexity index is 529. The quantitative estimate of drug-likeness (QED) is 0.214. The lowest BCUT2D eigenvalue weighted by Crippen LogP contribution is -2.41. The van der Waals surface area contributed by atoms with E-state index >= 15 is 0 Å². The number of aliphatic imine (C=N–C) groups is 1. The van der Waals surface area contributed by atoms with Gasteiger partial charge in [0.2, 0.25) is 5.88 Å². The number of nitrogens with one attached hydrogen (secondary N) is 2. The monoisotopic (exact) mass is 491 g/mol. The molecule has 1 rings (SSSR count). The van der Waals surface area contributed by atoms with Crippen molar-refractivity contribution in [3.05, 3.63) is 23.9 Å². The predicted molar refractivity (Wildman–Crippen MR) is 125 cm³/mol. The summed E-state index contributed by atoms with van der Waals surface area (Å²) in [6.45, 7) is 17.0. The SMILES string of the molecule is CCNC(=NCc1cccnc1OCC)NCCCN(C(C)C)C(C)C.I. The topological polar surface area (TPSA) is 61.8 Å². The van der Waals surface area contributed by atoms with Gasteiger partial charge in [0.05, 0.1) is 13.2 Å². The first-order chi connectivity index (χ1) is 12.5. The summed E-state index contributed by atoms with van der Waals surface area (Å²) in [5, 5.41) is 6.73. The second kappa shape index (κ2) is 14.9. The van der Waals surface area contributed by atoms with Crippen molar-refractivity contribution in [2.75, 3.05) is 26.2 Å². The Labute approximate surface area is 182 Å². The molecule has 0 aliphatic heterocycles. The largest absolute Gasteiger partial charge is 0.478 e. The maximum Gasteiger partial charge on any atom is 0.218 e. The molecule has 0 bridgehead atoms. The van der Waals surface area contributed by atoms with Crippen LogP contribution in [0.2, 0.25) is 0 Å². The molecule has 6 nitrogen and oxygen atoms in total. The first-order valence-electron chi connectivity index (χ1n) is 9.84. The molecule has 0 aliphatic carbocycles. The van der Waals surface area contributed by atoms with Gasteiger partial charge in [0.15, 0.2) is 5.96 Å². The van der Waals surface area contributed by atoms with Gasteiger partial charge in [-0.1, -0.05) is 6.07 Å². The zero-order chi connectivity index (χ0) is 19.4. The van der Waals surface area contributed by atoms with Crippen LogP contribution in [0.4, 0.5) is 0 Å². The highest BCUT2D eigenvalue weighted by Crippen LogP contribution is 2.15. The standard InChI is InChI=1S/C20H37N5O.HI/c1-7-21-20(23-13-10-14-25(16(3)4)17(5)6)24-15-18-11-9-12-22-19(18)26-8-2;/h9,11-12,16-17H,7-8,10,13-15H2,1-6H3,(H2,21,23,24);1H. The number of halogens is 1. The number of guanidine groups is 1. The zero-order valence-corrected chi connectivity index (χ0v) is 20.1. The van der Waals surface area contributed by atoms with Crippen LogP contribution in [-0.2, 0) is 6.54 Å². The van der Waals surface area contributed by atoms with E-state index in [4.69, 9.17) is 4.74 Å². The highest BCUT2D eigenvalue weighted by molar-refractivity contribution is 14.0. The van der Waals surface area contributed by atoms with Crippen molar-refractivity contribution in [3.63, 3.8) is 0 Å². The summed E-state index contributed by atoms with van der Waals surface area (Å²) in [4.78, 5) is 11.5. The minimum atomic E-state index is 0. The van der Waals surface area contributed by atoms with Crippen molar-refractivity contribution >= 4 is 29.9 Å². The summed E-state index contributed by atoms with van der Waals surface area (Å²) in [5.74, 6) is 1.50. The second-order valence-electron chi connectivity index (χ2n) is 6.80. The van der Waals surface area contributed by atoms with Crippen molar-refractivity contribution in [2.45, 2.75) is 66.6 Å². The van der Waals surface area contributed by atoms with Crippen LogP contribution < -0.4 is 15.4 Å². The average molecular weight is 491 g/mol. The van der Waals surface area contributed by atoms with Crippen molar-refractivity contribution in [2.24, 2.45) is 4.99 Å². The molecule has 27 heavy (non-hydrogen) atoms. The van der Waals surface area contributed by atoms with E-state index in [1.807, 2.05) is 19.1 Å². The number of ether oxygens (including phenoxy) is 1. The predicted octanol–water partition coefficient (Wildman–Crippen LogP) is 3.66. The van der Waals surface area contributed by atoms with E-state index in [0.29, 0.717) is 31.1 Å². The lowest BCUT2D eigenvalue weighted by molar-refractivity contribution is 0.173. The van der Waals surface area contributed by atoms with E-state index < -0.39 is 0 Å². The Morgan fingerprint density at radius 3 is 2.48 bits per heavy atom. The van der Waals surface area contributed by atoms with Gasteiger partial charge in [-0.05, 0) is 54.0 Å². The van der Waals surface area contributed by atoms with Crippen molar-refractivity contribution < 1.29 is 4.74 Å². The minimum Gasteiger partial charge on any atom is -0.478 e. The highest BCUT2D eigenvalue weighted by Gasteiger charge is 2.12. The van der Waals surface area contributed by atoms with Crippen LogP contribution in [0.1, 0.15) is 53.5 Å². The smallest absolute Gasteiger partial charge is 0.218 e. The normalized spacial score (nSPS) is 11.7. The minimum absolute atomic E-state index is 0. The van der Waals surface area contributed by atoms with Crippen molar-refractivity contribution in [3.8, 4) is 5.88 Å². The molecule has 0 saturated heterocycles. The molecule has 0 radical (unpaired) electrons. The Hall–Kier alpha value is -1.09. The molecule has 0 fully saturated rings. The Morgan fingerprint density at radius 2 is 1.89 bits per heavy atom. The van der Waals surface area contributed by atoms with E-state index in [2.05, 4.69) is 60.1 Å². The third-order valence-electron chi connectivity index (χ3n) is 4.09. The van der Waals surface area contributed by atoms with Crippen LogP contribution in [0.3, 0.4) is 0 Å². The maximum absolute atomic E-state index is 5.57. The average Bonchev–Trinajstić information content (AvgIpc) is 2.60. The van der Waals surface area contributed by atoms with Crippen LogP contribution in [0.25, 0.3) is 0 Å². The van der Waals surface area contributed by atoms with Crippen molar-refractivity contribution in [1.29, 1.82) is 0 Å². The molecule has 7 heteroatoms. The molecule has 2 N–H and O–H groups in total. The molecule has 1 aromatic rings. The fourth-order valence-electron chi connectivity index (χ4n) is 2.90. The van der Waals surface area contributed by atoms with Crippen LogP contribution in [0.5, 0.6) is 5.88 Å². The van der Waals surface area contributed by atoms with Crippen LogP contribution >= 0.6 is 24.0 Å². The Morgan fingerprint density at radius 1 is 1.19 bits per heavy atom. The summed E-state index contributed by atoms with van der Waals surface area (Å²) < 4.78 is 5.57. The first-order valence-corrected chi connectivity index (χ1v) is 9.84. The molecule has 0 unspecified atom stereocenters. The second-order valence-corrected chi connectivity index (χ2v) is 6.80. The fraction of sp³-hybridized carbons (Fsp3) is 0.700. The highest BCUT2D eigenvalue weighted by atomic mass is 127. The van der Waals surface area contributed by atoms with E-state index in [-0.39, 0.29) is 24.0 Å². The van der Waals surface area contributed by atoms with E-state index in [1.165, 1.54) is 0 Å². The lowest BCUT2D eigenvalue weighted by Gasteiger charge is -2.30. The van der Waals surface area contributed by atoms with Crippen molar-refractivity contribution in [1.82, 2.24) is 20.5 Å². The van der Waals surface area contributed by atoms with Gasteiger partial charge < -0.3 is 15.4 Å². The maximum atomic E-state index is 5.57. The molecule has 0 aliphatic rings. The third-order valence-corrected chi connectivity index (χ3v) is 4.09. The molecule has 0 atom stereocenters. The van der Waals surface area contributed by atoms with Gasteiger partial charge in [-0.25, -0.2) is 9.98 Å². The number of nitrogens with zero attached hydrogens (tertiary/aromatic N) is 3. The molecular formula is C20H38IN5O. The van der Waals surface area contributed by atoms with Crippen LogP contribution in [0, 0.1) is 0 Å². The van der Waals surface area contributed by atoms with Gasteiger partial charge in [0.25, 0.3) is 0 Å². The molecule has 0 saturated carbocycles. The molecule has 0 spiro atoms. The number of aromatic nitrogens is 1. The number of pyridine rings is 1. The first kappa shape index (κ1) is 25.9. The number of hydrogen-bond donors (Lipinski definition) is 2. The van der Waals surface area contributed by atoms with Gasteiger partial charge in [-0.15, -0.1) is 24.0 Å². The molecule has 0 amide bonds. The lowest BCUT2D eigenvalue weighted by atomic mass is 10.2. The summed E-state index contributed by atoms with van der Waals surface area (Å²) in [6.07, 6.45) is 2.83. The zero-order valence-electron chi connectivity index (χ0n) is 17.8. The summed E-state index contributed by atoms with van der Waals surface area (Å²) in [5.41, 5.74) is 0.998. The number of rotatable bonds is 11. The summed E-state index contributed by atoms with van der Waals surface area (Å²) in [7, 11) is 0. The molecule has 1 aromatic heterocycles. The van der Waals surface area contributed by atoms with E-state index in [1.54, 1.807) is 6.20 Å². The van der Waals surface area contributed by atoms with E-state index in [0.717, 1.165) is 37.6 Å². The van der Waals surface area contributed by atoms with Gasteiger partial charge in [-0.3, -0.25) is 4.90 Å². The fourth-order valence-corrected chi connectivity index (χ4v) is 2.90. The summed E-state index contributed by atoms with van der Waals surface area (Å²) >= 11 is 0. The molecular weight excluding hydrogens is 453 g/mol. The molecule has 156 valence electrons. The van der Waals surface area contributed by atoms with E-state index in [9.17, 15) is 0 Å².